The third kappa shape index (κ3) is 6.70. The van der Waals surface area contributed by atoms with Gasteiger partial charge in [0.15, 0.2) is 0 Å². The lowest BCUT2D eigenvalue weighted by molar-refractivity contribution is -0.0188. The van der Waals surface area contributed by atoms with Crippen LogP contribution in [-0.2, 0) is 4.74 Å². The van der Waals surface area contributed by atoms with Crippen molar-refractivity contribution in [1.29, 1.82) is 0 Å². The zero-order chi connectivity index (χ0) is 14.1. The molecule has 4 nitrogen and oxygen atoms in total. The molecule has 0 aromatic rings. The van der Waals surface area contributed by atoms with Crippen molar-refractivity contribution >= 4 is 0 Å². The molecule has 0 saturated carbocycles. The molecule has 0 spiro atoms. The van der Waals surface area contributed by atoms with Gasteiger partial charge in [-0.3, -0.25) is 4.90 Å². The van der Waals surface area contributed by atoms with Crippen LogP contribution in [0.2, 0.25) is 0 Å². The van der Waals surface area contributed by atoms with Crippen LogP contribution in [0.25, 0.3) is 0 Å². The topological polar surface area (TPSA) is 44.7 Å². The van der Waals surface area contributed by atoms with E-state index in [2.05, 4.69) is 31.0 Å². The van der Waals surface area contributed by atoms with E-state index in [-0.39, 0.29) is 12.1 Å². The summed E-state index contributed by atoms with van der Waals surface area (Å²) in [6, 6.07) is 0. The summed E-state index contributed by atoms with van der Waals surface area (Å²) in [7, 11) is 0. The fourth-order valence-corrected chi connectivity index (χ4v) is 2.59. The number of ether oxygens (including phenoxy) is 1. The van der Waals surface area contributed by atoms with Gasteiger partial charge in [-0.25, -0.2) is 0 Å². The van der Waals surface area contributed by atoms with Gasteiger partial charge in [-0.2, -0.15) is 0 Å². The number of unbranched alkanes of at least 4 members (excludes halogenated alkanes) is 1. The number of nitrogens with one attached hydrogen (secondary N) is 1. The summed E-state index contributed by atoms with van der Waals surface area (Å²) in [4.78, 5) is 2.49. The second kappa shape index (κ2) is 8.90. The lowest BCUT2D eigenvalue weighted by Crippen LogP contribution is -2.46. The van der Waals surface area contributed by atoms with E-state index in [4.69, 9.17) is 4.74 Å². The first kappa shape index (κ1) is 16.9. The van der Waals surface area contributed by atoms with Crippen LogP contribution >= 0.6 is 0 Å². The number of nitrogens with zero attached hydrogens (tertiary/aromatic N) is 1. The molecular formula is C15H32N2O2. The minimum atomic E-state index is -0.103. The Kier molecular flexibility index (Phi) is 7.91. The monoisotopic (exact) mass is 272 g/mol. The molecule has 1 saturated heterocycles. The summed E-state index contributed by atoms with van der Waals surface area (Å²) >= 11 is 0. The van der Waals surface area contributed by atoms with Gasteiger partial charge in [-0.15, -0.1) is 0 Å². The number of morpholine rings is 1. The average molecular weight is 272 g/mol. The Hall–Kier alpha value is -0.160. The number of rotatable bonds is 9. The van der Waals surface area contributed by atoms with E-state index < -0.39 is 0 Å². The summed E-state index contributed by atoms with van der Waals surface area (Å²) in [6.07, 6.45) is 4.91. The average Bonchev–Trinajstić information content (AvgIpc) is 2.42. The molecule has 1 fully saturated rings. The van der Waals surface area contributed by atoms with Crippen LogP contribution in [0, 0.1) is 0 Å². The maximum Gasteiger partial charge on any atom is 0.0674 e. The third-order valence-electron chi connectivity index (χ3n) is 3.93. The molecule has 114 valence electrons. The summed E-state index contributed by atoms with van der Waals surface area (Å²) < 4.78 is 5.55. The normalized spacial score (nSPS) is 24.3. The largest absolute Gasteiger partial charge is 0.394 e. The van der Waals surface area contributed by atoms with E-state index >= 15 is 0 Å². The highest BCUT2D eigenvalue weighted by Gasteiger charge is 2.22. The Morgan fingerprint density at radius 2 is 2.21 bits per heavy atom. The molecule has 0 aromatic heterocycles. The maximum atomic E-state index is 9.51. The van der Waals surface area contributed by atoms with Crippen molar-refractivity contribution in [2.45, 2.75) is 58.1 Å². The van der Waals surface area contributed by atoms with Gasteiger partial charge in [0.1, 0.15) is 0 Å². The van der Waals surface area contributed by atoms with Crippen LogP contribution in [0.15, 0.2) is 0 Å². The van der Waals surface area contributed by atoms with Gasteiger partial charge in [0.2, 0.25) is 0 Å². The van der Waals surface area contributed by atoms with Gasteiger partial charge in [-0.05, 0) is 46.2 Å². The molecule has 4 heteroatoms. The van der Waals surface area contributed by atoms with E-state index in [1.165, 1.54) is 12.8 Å². The summed E-state index contributed by atoms with van der Waals surface area (Å²) in [6.45, 7) is 11.8. The van der Waals surface area contributed by atoms with Crippen molar-refractivity contribution < 1.29 is 9.84 Å². The standard InChI is InChI=1S/C15H32N2O2/c1-4-8-16-15(3,13-18)7-5-6-9-17-10-11-19-14(2)12-17/h14,16,18H,4-13H2,1-3H3. The predicted molar refractivity (Wildman–Crippen MR) is 79.5 cm³/mol. The van der Waals surface area contributed by atoms with Crippen molar-refractivity contribution in [3.63, 3.8) is 0 Å². The van der Waals surface area contributed by atoms with Gasteiger partial charge in [0.05, 0.1) is 19.3 Å². The van der Waals surface area contributed by atoms with Crippen LogP contribution in [0.3, 0.4) is 0 Å². The highest BCUT2D eigenvalue weighted by atomic mass is 16.5. The first-order chi connectivity index (χ1) is 9.09. The number of hydrogen-bond acceptors (Lipinski definition) is 4. The first-order valence-corrected chi connectivity index (χ1v) is 7.79. The quantitative estimate of drug-likeness (QED) is 0.626. The Morgan fingerprint density at radius 1 is 1.42 bits per heavy atom. The molecule has 2 N–H and O–H groups in total. The van der Waals surface area contributed by atoms with E-state index in [0.29, 0.717) is 6.10 Å². The zero-order valence-corrected chi connectivity index (χ0v) is 13.0. The van der Waals surface area contributed by atoms with Gasteiger partial charge < -0.3 is 15.2 Å². The van der Waals surface area contributed by atoms with Crippen molar-refractivity contribution in [2.75, 3.05) is 39.4 Å². The number of aliphatic hydroxyl groups excluding tert-OH is 1. The van der Waals surface area contributed by atoms with Crippen LogP contribution in [-0.4, -0.2) is 61.0 Å². The molecule has 1 heterocycles. The molecule has 0 aromatic carbocycles. The van der Waals surface area contributed by atoms with E-state index in [1.807, 2.05) is 0 Å². The van der Waals surface area contributed by atoms with Gasteiger partial charge >= 0.3 is 0 Å². The Bertz CT molecular complexity index is 238. The molecule has 2 atom stereocenters. The fraction of sp³-hybridized carbons (Fsp3) is 1.00. The molecule has 1 aliphatic rings. The number of hydrogen-bond donors (Lipinski definition) is 2. The lowest BCUT2D eigenvalue weighted by Gasteiger charge is -2.32. The minimum absolute atomic E-state index is 0.103. The minimum Gasteiger partial charge on any atom is -0.394 e. The maximum absolute atomic E-state index is 9.51. The van der Waals surface area contributed by atoms with Crippen LogP contribution in [0.5, 0.6) is 0 Å². The molecular weight excluding hydrogens is 240 g/mol. The van der Waals surface area contributed by atoms with Crippen LogP contribution in [0.1, 0.15) is 46.5 Å². The third-order valence-corrected chi connectivity index (χ3v) is 3.93. The molecule has 0 radical (unpaired) electrons. The number of aliphatic hydroxyl groups is 1. The van der Waals surface area contributed by atoms with Crippen LogP contribution in [0.4, 0.5) is 0 Å². The van der Waals surface area contributed by atoms with E-state index in [9.17, 15) is 5.11 Å². The molecule has 0 bridgehead atoms. The summed E-state index contributed by atoms with van der Waals surface area (Å²) in [5.74, 6) is 0. The fourth-order valence-electron chi connectivity index (χ4n) is 2.59. The lowest BCUT2D eigenvalue weighted by atomic mass is 9.95. The van der Waals surface area contributed by atoms with Gasteiger partial charge in [-0.1, -0.05) is 13.3 Å². The molecule has 19 heavy (non-hydrogen) atoms. The predicted octanol–water partition coefficient (Wildman–Crippen LogP) is 1.63. The highest BCUT2D eigenvalue weighted by Crippen LogP contribution is 2.14. The van der Waals surface area contributed by atoms with Crippen molar-refractivity contribution in [2.24, 2.45) is 0 Å². The second-order valence-corrected chi connectivity index (χ2v) is 6.08. The Labute approximate surface area is 118 Å². The second-order valence-electron chi connectivity index (χ2n) is 6.08. The summed E-state index contributed by atoms with van der Waals surface area (Å²) in [5, 5.41) is 13.0. The van der Waals surface area contributed by atoms with E-state index in [1.54, 1.807) is 0 Å². The molecule has 0 amide bonds. The summed E-state index contributed by atoms with van der Waals surface area (Å²) in [5.41, 5.74) is -0.103. The van der Waals surface area contributed by atoms with Crippen molar-refractivity contribution in [3.05, 3.63) is 0 Å². The van der Waals surface area contributed by atoms with Crippen molar-refractivity contribution in [3.8, 4) is 0 Å². The Morgan fingerprint density at radius 3 is 2.84 bits per heavy atom. The SMILES string of the molecule is CCCNC(C)(CO)CCCCN1CCOC(C)C1. The van der Waals surface area contributed by atoms with Crippen LogP contribution < -0.4 is 5.32 Å². The first-order valence-electron chi connectivity index (χ1n) is 7.79. The van der Waals surface area contributed by atoms with Gasteiger partial charge in [0.25, 0.3) is 0 Å². The zero-order valence-electron chi connectivity index (χ0n) is 13.0. The molecule has 2 unspecified atom stereocenters. The smallest absolute Gasteiger partial charge is 0.0674 e. The molecule has 1 rings (SSSR count). The van der Waals surface area contributed by atoms with E-state index in [0.717, 1.165) is 45.6 Å². The van der Waals surface area contributed by atoms with Crippen molar-refractivity contribution in [1.82, 2.24) is 10.2 Å². The van der Waals surface area contributed by atoms with Gasteiger partial charge in [0, 0.05) is 18.6 Å². The highest BCUT2D eigenvalue weighted by molar-refractivity contribution is 4.82. The molecule has 0 aliphatic carbocycles. The molecule has 1 aliphatic heterocycles. The Balaban J connectivity index is 2.14.